The maximum atomic E-state index is 9.57. The highest BCUT2D eigenvalue weighted by Crippen LogP contribution is 2.28. The highest BCUT2D eigenvalue weighted by Gasteiger charge is 2.26. The van der Waals surface area contributed by atoms with Crippen LogP contribution in [0.5, 0.6) is 5.75 Å². The minimum absolute atomic E-state index is 0.519. The highest BCUT2D eigenvalue weighted by molar-refractivity contribution is 5.41. The molecule has 0 aliphatic rings. The van der Waals surface area contributed by atoms with Crippen molar-refractivity contribution in [1.29, 1.82) is 5.26 Å². The lowest BCUT2D eigenvalue weighted by atomic mass is 9.81. The van der Waals surface area contributed by atoms with Gasteiger partial charge in [0, 0.05) is 6.42 Å². The zero-order chi connectivity index (χ0) is 16.2. The summed E-state index contributed by atoms with van der Waals surface area (Å²) in [7, 11) is 0. The number of ether oxygens (including phenoxy) is 1. The molecule has 2 nitrogen and oxygen atoms in total. The summed E-state index contributed by atoms with van der Waals surface area (Å²) in [5.74, 6) is 0.913. The van der Waals surface area contributed by atoms with E-state index >= 15 is 0 Å². The van der Waals surface area contributed by atoms with Gasteiger partial charge in [0.1, 0.15) is 5.75 Å². The molecule has 2 heteroatoms. The second-order valence-electron chi connectivity index (χ2n) is 6.11. The Morgan fingerprint density at radius 2 is 1.64 bits per heavy atom. The smallest absolute Gasteiger partial charge is 0.122 e. The lowest BCUT2D eigenvalue weighted by molar-refractivity contribution is 0.283. The van der Waals surface area contributed by atoms with Crippen molar-refractivity contribution in [3.8, 4) is 11.8 Å². The van der Waals surface area contributed by atoms with Crippen molar-refractivity contribution < 1.29 is 4.74 Å². The van der Waals surface area contributed by atoms with Crippen molar-refractivity contribution in [3.63, 3.8) is 0 Å². The number of aryl methyl sites for hydroxylation is 3. The SMILES string of the molecule is Cc1cc(C)c(OCCC(C)(C#N)c2ccccc2)cc1C. The Bertz CT molecular complexity index is 685. The van der Waals surface area contributed by atoms with Crippen LogP contribution in [0.2, 0.25) is 0 Å². The minimum atomic E-state index is -0.519. The van der Waals surface area contributed by atoms with Gasteiger partial charge in [-0.1, -0.05) is 36.4 Å². The summed E-state index contributed by atoms with van der Waals surface area (Å²) >= 11 is 0. The van der Waals surface area contributed by atoms with Crippen molar-refractivity contribution in [2.75, 3.05) is 6.61 Å². The summed E-state index contributed by atoms with van der Waals surface area (Å²) in [5, 5.41) is 9.57. The van der Waals surface area contributed by atoms with Crippen molar-refractivity contribution in [1.82, 2.24) is 0 Å². The number of nitriles is 1. The molecule has 0 amide bonds. The summed E-state index contributed by atoms with van der Waals surface area (Å²) in [6, 6.07) is 16.6. The Balaban J connectivity index is 2.07. The topological polar surface area (TPSA) is 33.0 Å². The zero-order valence-electron chi connectivity index (χ0n) is 13.8. The third-order valence-electron chi connectivity index (χ3n) is 4.31. The van der Waals surface area contributed by atoms with Gasteiger partial charge in [0.05, 0.1) is 18.1 Å². The van der Waals surface area contributed by atoms with Gasteiger partial charge >= 0.3 is 0 Å². The first-order valence-electron chi connectivity index (χ1n) is 7.64. The maximum absolute atomic E-state index is 9.57. The van der Waals surface area contributed by atoms with Crippen molar-refractivity contribution >= 4 is 0 Å². The molecule has 0 saturated heterocycles. The molecule has 2 aromatic carbocycles. The van der Waals surface area contributed by atoms with Crippen LogP contribution in [0.1, 0.15) is 35.6 Å². The van der Waals surface area contributed by atoms with Gasteiger partial charge in [0.15, 0.2) is 0 Å². The predicted molar refractivity (Wildman–Crippen MR) is 90.2 cm³/mol. The molecule has 2 aromatic rings. The van der Waals surface area contributed by atoms with Crippen molar-refractivity contribution in [3.05, 3.63) is 64.7 Å². The molecule has 0 radical (unpaired) electrons. The van der Waals surface area contributed by atoms with E-state index in [2.05, 4.69) is 39.0 Å². The molecule has 0 spiro atoms. The van der Waals surface area contributed by atoms with E-state index in [1.165, 1.54) is 11.1 Å². The van der Waals surface area contributed by atoms with Crippen LogP contribution in [0.3, 0.4) is 0 Å². The van der Waals surface area contributed by atoms with Gasteiger partial charge in [-0.3, -0.25) is 0 Å². The van der Waals surface area contributed by atoms with E-state index in [9.17, 15) is 5.26 Å². The summed E-state index contributed by atoms with van der Waals surface area (Å²) in [5.41, 5.74) is 4.16. The third kappa shape index (κ3) is 3.49. The van der Waals surface area contributed by atoms with Crippen LogP contribution in [0.25, 0.3) is 0 Å². The fourth-order valence-electron chi connectivity index (χ4n) is 2.53. The third-order valence-corrected chi connectivity index (χ3v) is 4.31. The normalized spacial score (nSPS) is 13.2. The average Bonchev–Trinajstić information content (AvgIpc) is 2.53. The molecule has 0 heterocycles. The van der Waals surface area contributed by atoms with E-state index in [0.717, 1.165) is 16.9 Å². The van der Waals surface area contributed by atoms with Crippen LogP contribution in [-0.2, 0) is 5.41 Å². The number of rotatable bonds is 5. The van der Waals surface area contributed by atoms with Gasteiger partial charge in [-0.2, -0.15) is 5.26 Å². The summed E-state index contributed by atoms with van der Waals surface area (Å²) in [6.45, 7) is 8.75. The number of hydrogen-bond donors (Lipinski definition) is 0. The first-order chi connectivity index (χ1) is 10.5. The average molecular weight is 293 g/mol. The van der Waals surface area contributed by atoms with Crippen LogP contribution < -0.4 is 4.74 Å². The second kappa shape index (κ2) is 6.66. The number of nitrogens with zero attached hydrogens (tertiary/aromatic N) is 1. The molecule has 22 heavy (non-hydrogen) atoms. The first kappa shape index (κ1) is 16.1. The Hall–Kier alpha value is -2.27. The van der Waals surface area contributed by atoms with Gasteiger partial charge in [-0.25, -0.2) is 0 Å². The molecule has 0 fully saturated rings. The van der Waals surface area contributed by atoms with E-state index in [1.807, 2.05) is 37.3 Å². The molecule has 1 atom stereocenters. The summed E-state index contributed by atoms with van der Waals surface area (Å²) < 4.78 is 5.94. The first-order valence-corrected chi connectivity index (χ1v) is 7.64. The van der Waals surface area contributed by atoms with E-state index < -0.39 is 5.41 Å². The largest absolute Gasteiger partial charge is 0.493 e. The van der Waals surface area contributed by atoms with Gasteiger partial charge < -0.3 is 4.74 Å². The van der Waals surface area contributed by atoms with E-state index in [4.69, 9.17) is 4.74 Å². The van der Waals surface area contributed by atoms with Crippen LogP contribution in [0.15, 0.2) is 42.5 Å². The highest BCUT2D eigenvalue weighted by atomic mass is 16.5. The van der Waals surface area contributed by atoms with E-state index in [1.54, 1.807) is 0 Å². The van der Waals surface area contributed by atoms with E-state index in [-0.39, 0.29) is 0 Å². The van der Waals surface area contributed by atoms with Crippen LogP contribution in [-0.4, -0.2) is 6.61 Å². The number of hydrogen-bond acceptors (Lipinski definition) is 2. The standard InChI is InChI=1S/C20H23NO/c1-15-12-17(3)19(13-16(15)2)22-11-10-20(4,14-21)18-8-6-5-7-9-18/h5-9,12-13H,10-11H2,1-4H3. The van der Waals surface area contributed by atoms with Gasteiger partial charge in [0.2, 0.25) is 0 Å². The van der Waals surface area contributed by atoms with Crippen molar-refractivity contribution in [2.24, 2.45) is 0 Å². The second-order valence-corrected chi connectivity index (χ2v) is 6.11. The molecule has 0 aliphatic carbocycles. The van der Waals surface area contributed by atoms with Crippen LogP contribution in [0, 0.1) is 32.1 Å². The summed E-state index contributed by atoms with van der Waals surface area (Å²) in [6.07, 6.45) is 0.667. The van der Waals surface area contributed by atoms with Gasteiger partial charge in [0.25, 0.3) is 0 Å². The Morgan fingerprint density at radius 3 is 2.27 bits per heavy atom. The van der Waals surface area contributed by atoms with Gasteiger partial charge in [-0.05, 0) is 56.0 Å². The Morgan fingerprint density at radius 1 is 1.00 bits per heavy atom. The molecule has 0 aromatic heterocycles. The van der Waals surface area contributed by atoms with Gasteiger partial charge in [-0.15, -0.1) is 0 Å². The summed E-state index contributed by atoms with van der Waals surface area (Å²) in [4.78, 5) is 0. The van der Waals surface area contributed by atoms with Crippen molar-refractivity contribution in [2.45, 2.75) is 39.5 Å². The Kier molecular flexibility index (Phi) is 4.88. The quantitative estimate of drug-likeness (QED) is 0.788. The lowest BCUT2D eigenvalue weighted by Gasteiger charge is -2.22. The molecular formula is C20H23NO. The molecule has 0 saturated carbocycles. The molecule has 0 N–H and O–H groups in total. The maximum Gasteiger partial charge on any atom is 0.122 e. The molecule has 2 rings (SSSR count). The molecule has 114 valence electrons. The molecule has 0 bridgehead atoms. The zero-order valence-corrected chi connectivity index (χ0v) is 13.8. The molecular weight excluding hydrogens is 270 g/mol. The molecule has 0 aliphatic heterocycles. The fourth-order valence-corrected chi connectivity index (χ4v) is 2.53. The Labute approximate surface area is 133 Å². The fraction of sp³-hybridized carbons (Fsp3) is 0.350. The molecule has 1 unspecified atom stereocenters. The minimum Gasteiger partial charge on any atom is -0.493 e. The lowest BCUT2D eigenvalue weighted by Crippen LogP contribution is -2.22. The number of benzene rings is 2. The monoisotopic (exact) mass is 293 g/mol. The van der Waals surface area contributed by atoms with E-state index in [0.29, 0.717) is 13.0 Å². The van der Waals surface area contributed by atoms with Crippen LogP contribution in [0.4, 0.5) is 0 Å². The van der Waals surface area contributed by atoms with Crippen LogP contribution >= 0.6 is 0 Å². The predicted octanol–water partition coefficient (Wildman–Crippen LogP) is 4.86.